The highest BCUT2D eigenvalue weighted by Gasteiger charge is 2.65. The molecule has 5 heteroatoms. The molecule has 4 aliphatic carbocycles. The van der Waals surface area contributed by atoms with Crippen LogP contribution in [-0.4, -0.2) is 44.7 Å². The molecule has 0 amide bonds. The maximum atomic E-state index is 11.5. The fourth-order valence-electron chi connectivity index (χ4n) is 8.68. The molecule has 0 saturated heterocycles. The molecule has 29 heavy (non-hydrogen) atoms. The predicted molar refractivity (Wildman–Crippen MR) is 110 cm³/mol. The summed E-state index contributed by atoms with van der Waals surface area (Å²) in [5.41, 5.74) is -0.143. The maximum absolute atomic E-state index is 11.5. The number of carbonyl (C=O) groups is 1. The van der Waals surface area contributed by atoms with Crippen molar-refractivity contribution in [1.29, 1.82) is 0 Å². The van der Waals surface area contributed by atoms with Gasteiger partial charge in [0.1, 0.15) is 0 Å². The first kappa shape index (κ1) is 21.6. The summed E-state index contributed by atoms with van der Waals surface area (Å²) >= 11 is 0. The molecule has 0 aromatic rings. The molecule has 0 spiro atoms. The zero-order valence-corrected chi connectivity index (χ0v) is 18.3. The van der Waals surface area contributed by atoms with Gasteiger partial charge in [-0.05, 0) is 97.7 Å². The van der Waals surface area contributed by atoms with Gasteiger partial charge < -0.3 is 20.4 Å². The topological polar surface area (TPSA) is 98.0 Å². The van der Waals surface area contributed by atoms with Crippen LogP contribution in [-0.2, 0) is 4.79 Å². The lowest BCUT2D eigenvalue weighted by Gasteiger charge is -2.63. The Labute approximate surface area is 174 Å². The molecule has 0 bridgehead atoms. The highest BCUT2D eigenvalue weighted by Crippen LogP contribution is 2.68. The Morgan fingerprint density at radius 3 is 2.45 bits per heavy atom. The van der Waals surface area contributed by atoms with E-state index < -0.39 is 12.1 Å². The van der Waals surface area contributed by atoms with Crippen molar-refractivity contribution in [2.24, 2.45) is 46.3 Å². The van der Waals surface area contributed by atoms with Crippen LogP contribution in [0.4, 0.5) is 0 Å². The van der Waals surface area contributed by atoms with Crippen LogP contribution in [0, 0.1) is 46.3 Å². The molecule has 11 atom stereocenters. The molecule has 6 unspecified atom stereocenters. The van der Waals surface area contributed by atoms with Crippen LogP contribution >= 0.6 is 0 Å². The van der Waals surface area contributed by atoms with Gasteiger partial charge in [0.05, 0.1) is 18.3 Å². The fraction of sp³-hybridized carbons (Fsp3) is 0.958. The lowest BCUT2D eigenvalue weighted by atomic mass is 9.43. The minimum absolute atomic E-state index is 0.0957. The van der Waals surface area contributed by atoms with Gasteiger partial charge in [-0.25, -0.2) is 0 Å². The van der Waals surface area contributed by atoms with Crippen LogP contribution in [0.5, 0.6) is 0 Å². The summed E-state index contributed by atoms with van der Waals surface area (Å²) in [7, 11) is 0. The number of hydrogen-bond donors (Lipinski definition) is 4. The first-order valence-electron chi connectivity index (χ1n) is 11.8. The number of rotatable bonds is 4. The number of aliphatic carboxylic acids is 1. The van der Waals surface area contributed by atoms with Crippen molar-refractivity contribution < 1.29 is 25.2 Å². The van der Waals surface area contributed by atoms with Crippen molar-refractivity contribution >= 4 is 5.97 Å². The Kier molecular flexibility index (Phi) is 5.57. The van der Waals surface area contributed by atoms with Crippen LogP contribution < -0.4 is 0 Å². The largest absolute Gasteiger partial charge is 0.481 e. The molecule has 4 saturated carbocycles. The fourth-order valence-corrected chi connectivity index (χ4v) is 8.68. The predicted octanol–water partition coefficient (Wildman–Crippen LogP) is 3.45. The average Bonchev–Trinajstić information content (AvgIpc) is 3.01. The van der Waals surface area contributed by atoms with Gasteiger partial charge in [0.25, 0.3) is 0 Å². The van der Waals surface area contributed by atoms with Gasteiger partial charge in [-0.1, -0.05) is 20.8 Å². The van der Waals surface area contributed by atoms with E-state index in [2.05, 4.69) is 20.8 Å². The lowest BCUT2D eigenvalue weighted by Crippen LogP contribution is -2.62. The van der Waals surface area contributed by atoms with E-state index >= 15 is 0 Å². The van der Waals surface area contributed by atoms with E-state index in [1.54, 1.807) is 0 Å². The average molecular weight is 409 g/mol. The third-order valence-corrected chi connectivity index (χ3v) is 10.3. The highest BCUT2D eigenvalue weighted by atomic mass is 16.4. The van der Waals surface area contributed by atoms with Crippen LogP contribution in [0.1, 0.15) is 78.6 Å². The van der Waals surface area contributed by atoms with E-state index in [1.165, 1.54) is 0 Å². The van der Waals surface area contributed by atoms with E-state index in [0.29, 0.717) is 30.1 Å². The van der Waals surface area contributed by atoms with Crippen molar-refractivity contribution in [3.05, 3.63) is 0 Å². The Morgan fingerprint density at radius 2 is 1.76 bits per heavy atom. The quantitative estimate of drug-likeness (QED) is 0.571. The molecule has 166 valence electrons. The Balaban J connectivity index is 1.61. The number of aliphatic hydroxyl groups excluding tert-OH is 3. The summed E-state index contributed by atoms with van der Waals surface area (Å²) in [6.07, 6.45) is 6.00. The Hall–Kier alpha value is -0.650. The molecule has 4 rings (SSSR count). The third kappa shape index (κ3) is 3.27. The molecule has 0 aromatic carbocycles. The van der Waals surface area contributed by atoms with E-state index in [1.807, 2.05) is 0 Å². The van der Waals surface area contributed by atoms with Crippen LogP contribution in [0.2, 0.25) is 0 Å². The normalized spacial score (nSPS) is 52.9. The zero-order valence-electron chi connectivity index (χ0n) is 18.3. The van der Waals surface area contributed by atoms with Gasteiger partial charge in [0, 0.05) is 6.42 Å². The first-order valence-corrected chi connectivity index (χ1v) is 11.8. The molecule has 0 aromatic heterocycles. The van der Waals surface area contributed by atoms with Gasteiger partial charge in [-0.2, -0.15) is 0 Å². The number of fused-ring (bicyclic) bond motifs is 5. The summed E-state index contributed by atoms with van der Waals surface area (Å²) in [6.45, 7) is 6.72. The van der Waals surface area contributed by atoms with Crippen LogP contribution in [0.15, 0.2) is 0 Å². The second-order valence-corrected chi connectivity index (χ2v) is 11.4. The lowest BCUT2D eigenvalue weighted by molar-refractivity contribution is -0.207. The molecular formula is C24H40O5. The summed E-state index contributed by atoms with van der Waals surface area (Å²) in [4.78, 5) is 11.1. The van der Waals surface area contributed by atoms with Gasteiger partial charge in [0.15, 0.2) is 0 Å². The van der Waals surface area contributed by atoms with Crippen molar-refractivity contribution in [1.82, 2.24) is 0 Å². The summed E-state index contributed by atoms with van der Waals surface area (Å²) < 4.78 is 0. The van der Waals surface area contributed by atoms with E-state index in [4.69, 9.17) is 5.11 Å². The molecule has 5 nitrogen and oxygen atoms in total. The number of carboxylic acid groups (broad SMARTS) is 1. The minimum atomic E-state index is -0.748. The molecule has 4 fully saturated rings. The van der Waals surface area contributed by atoms with Gasteiger partial charge in [-0.15, -0.1) is 0 Å². The van der Waals surface area contributed by atoms with Crippen molar-refractivity contribution in [2.75, 3.05) is 0 Å². The summed E-state index contributed by atoms with van der Waals surface area (Å²) in [6, 6.07) is 0. The van der Waals surface area contributed by atoms with E-state index in [-0.39, 0.29) is 41.3 Å². The molecule has 0 aliphatic heterocycles. The second-order valence-electron chi connectivity index (χ2n) is 11.4. The summed E-state index contributed by atoms with van der Waals surface area (Å²) in [5, 5.41) is 42.0. The van der Waals surface area contributed by atoms with E-state index in [9.17, 15) is 20.1 Å². The van der Waals surface area contributed by atoms with Crippen LogP contribution in [0.3, 0.4) is 0 Å². The molecule has 0 heterocycles. The molecule has 4 N–H and O–H groups in total. The number of carboxylic acids is 1. The van der Waals surface area contributed by atoms with E-state index in [0.717, 1.165) is 44.9 Å². The summed E-state index contributed by atoms with van der Waals surface area (Å²) in [5.74, 6) is 0.997. The minimum Gasteiger partial charge on any atom is -0.481 e. The first-order chi connectivity index (χ1) is 13.6. The Morgan fingerprint density at radius 1 is 1.03 bits per heavy atom. The van der Waals surface area contributed by atoms with Crippen LogP contribution in [0.25, 0.3) is 0 Å². The zero-order chi connectivity index (χ0) is 21.1. The smallest absolute Gasteiger partial charge is 0.303 e. The van der Waals surface area contributed by atoms with Crippen molar-refractivity contribution in [2.45, 2.75) is 96.9 Å². The number of aliphatic hydroxyl groups is 3. The highest BCUT2D eigenvalue weighted by molar-refractivity contribution is 5.66. The number of hydrogen-bond acceptors (Lipinski definition) is 4. The molecular weight excluding hydrogens is 368 g/mol. The molecule has 0 radical (unpaired) electrons. The standard InChI is InChI=1S/C24H40O5/c1-13(4-7-21(28)29)16-5-6-17-22-18(12-20(27)24(16,17)3)23(2)9-8-15(25)10-14(23)11-19(22)26/h13-20,22,25-27H,4-12H2,1-3H3,(H,28,29)/t13?,14?,15-,16?,17+,18+,19-,20+,22?,23?,24?/m1/s1. The maximum Gasteiger partial charge on any atom is 0.303 e. The second kappa shape index (κ2) is 7.49. The third-order valence-electron chi connectivity index (χ3n) is 10.3. The van der Waals surface area contributed by atoms with Gasteiger partial charge in [0.2, 0.25) is 0 Å². The van der Waals surface area contributed by atoms with Crippen molar-refractivity contribution in [3.8, 4) is 0 Å². The SMILES string of the molecule is CC(CCC(=O)O)C1CC[C@H]2C3[C@H](O)CC4C[C@H](O)CCC4(C)[C@H]3C[C@H](O)C12C. The van der Waals surface area contributed by atoms with Crippen molar-refractivity contribution in [3.63, 3.8) is 0 Å². The van der Waals surface area contributed by atoms with Gasteiger partial charge in [-0.3, -0.25) is 4.79 Å². The molecule has 4 aliphatic rings. The monoisotopic (exact) mass is 408 g/mol. The van der Waals surface area contributed by atoms with Gasteiger partial charge >= 0.3 is 5.97 Å². The Bertz CT molecular complexity index is 637.